The Hall–Kier alpha value is -3.69. The van der Waals surface area contributed by atoms with Gasteiger partial charge in [-0.15, -0.1) is 0 Å². The van der Waals surface area contributed by atoms with E-state index in [1.54, 1.807) is 6.92 Å². The molecule has 0 saturated heterocycles. The maximum atomic E-state index is 13.7. The van der Waals surface area contributed by atoms with Crippen LogP contribution in [0.25, 0.3) is 0 Å². The maximum Gasteiger partial charge on any atom is 0.416 e. The topological polar surface area (TPSA) is 89.8 Å². The van der Waals surface area contributed by atoms with E-state index in [1.807, 2.05) is 0 Å². The van der Waals surface area contributed by atoms with Crippen LogP contribution in [-0.4, -0.2) is 23.2 Å². The zero-order valence-corrected chi connectivity index (χ0v) is 18.2. The molecule has 2 aromatic carbocycles. The molecule has 0 aromatic heterocycles. The minimum absolute atomic E-state index is 0.0387. The number of ether oxygens (including phenoxy) is 1. The number of allylic oxidation sites excluding steroid dienone is 2. The lowest BCUT2D eigenvalue weighted by molar-refractivity contribution is -0.384. The second kappa shape index (κ2) is 8.92. The van der Waals surface area contributed by atoms with Crippen LogP contribution in [0.2, 0.25) is 0 Å². The smallest absolute Gasteiger partial charge is 0.416 e. The molecule has 178 valence electrons. The van der Waals surface area contributed by atoms with Crippen molar-refractivity contribution in [1.29, 1.82) is 0 Å². The number of alkyl halides is 3. The number of nitro groups is 1. The fourth-order valence-electron chi connectivity index (χ4n) is 4.69. The van der Waals surface area contributed by atoms with Crippen molar-refractivity contribution in [3.05, 3.63) is 75.0 Å². The van der Waals surface area contributed by atoms with Gasteiger partial charge >= 0.3 is 6.18 Å². The van der Waals surface area contributed by atoms with Gasteiger partial charge in [0.1, 0.15) is 11.4 Å². The molecule has 1 unspecified atom stereocenters. The van der Waals surface area contributed by atoms with E-state index in [-0.39, 0.29) is 53.5 Å². The van der Waals surface area contributed by atoms with E-state index in [4.69, 9.17) is 4.74 Å². The number of amides is 1. The highest BCUT2D eigenvalue weighted by molar-refractivity contribution is 6.08. The fraction of sp³-hybridized carbons (Fsp3) is 0.333. The number of nitrogens with zero attached hydrogens (tertiary/aromatic N) is 2. The lowest BCUT2D eigenvalue weighted by atomic mass is 9.75. The normalized spacial score (nSPS) is 18.7. The summed E-state index contributed by atoms with van der Waals surface area (Å²) in [7, 11) is 0. The van der Waals surface area contributed by atoms with Gasteiger partial charge < -0.3 is 4.74 Å². The standard InChI is InChI=1S/C24H21F3N2O5/c1-2-34-14-10-11-18(20(12-14)29(32)33)28-19-8-5-9-21(30)23(19)16(13-22(28)31)15-6-3-4-7-17(15)24(25,26)27/h3-4,6-7,10-12,16H,2,5,8-9,13H2,1H3. The molecule has 0 N–H and O–H groups in total. The van der Waals surface area contributed by atoms with Crippen LogP contribution in [0.3, 0.4) is 0 Å². The van der Waals surface area contributed by atoms with Crippen molar-refractivity contribution in [1.82, 2.24) is 0 Å². The van der Waals surface area contributed by atoms with Gasteiger partial charge in [0.2, 0.25) is 5.91 Å². The van der Waals surface area contributed by atoms with Crippen LogP contribution in [0.5, 0.6) is 5.75 Å². The summed E-state index contributed by atoms with van der Waals surface area (Å²) < 4.78 is 46.5. The third-order valence-corrected chi connectivity index (χ3v) is 6.01. The van der Waals surface area contributed by atoms with E-state index >= 15 is 0 Å². The molecule has 0 radical (unpaired) electrons. The number of ketones is 1. The highest BCUT2D eigenvalue weighted by Gasteiger charge is 2.44. The SMILES string of the molecule is CCOc1ccc(N2C(=O)CC(c3ccccc3C(F)(F)F)C3=C2CCCC3=O)c([N+](=O)[O-])c1. The Bertz CT molecular complexity index is 1210. The second-order valence-corrected chi connectivity index (χ2v) is 8.05. The molecule has 2 aromatic rings. The number of rotatable bonds is 5. The van der Waals surface area contributed by atoms with Crippen LogP contribution in [0.15, 0.2) is 53.7 Å². The quantitative estimate of drug-likeness (QED) is 0.419. The average Bonchev–Trinajstić information content (AvgIpc) is 2.78. The van der Waals surface area contributed by atoms with Crippen LogP contribution >= 0.6 is 0 Å². The first kappa shape index (κ1) is 23.5. The predicted molar refractivity (Wildman–Crippen MR) is 116 cm³/mol. The van der Waals surface area contributed by atoms with Gasteiger partial charge in [0.25, 0.3) is 5.69 Å². The predicted octanol–water partition coefficient (Wildman–Crippen LogP) is 5.54. The van der Waals surface area contributed by atoms with Crippen molar-refractivity contribution in [2.45, 2.75) is 44.7 Å². The summed E-state index contributed by atoms with van der Waals surface area (Å²) in [6.45, 7) is 2.00. The monoisotopic (exact) mass is 474 g/mol. The molecule has 1 atom stereocenters. The number of nitro benzene ring substituents is 1. The van der Waals surface area contributed by atoms with Crippen molar-refractivity contribution >= 4 is 23.1 Å². The molecule has 2 aliphatic rings. The summed E-state index contributed by atoms with van der Waals surface area (Å²) in [6, 6.07) is 8.95. The molecule has 0 saturated carbocycles. The van der Waals surface area contributed by atoms with Gasteiger partial charge in [0.15, 0.2) is 5.78 Å². The summed E-state index contributed by atoms with van der Waals surface area (Å²) >= 11 is 0. The van der Waals surface area contributed by atoms with E-state index in [1.165, 1.54) is 36.4 Å². The van der Waals surface area contributed by atoms with E-state index in [9.17, 15) is 32.9 Å². The lowest BCUT2D eigenvalue weighted by Crippen LogP contribution is -2.41. The minimum atomic E-state index is -4.66. The van der Waals surface area contributed by atoms with Gasteiger partial charge in [-0.1, -0.05) is 18.2 Å². The number of halogens is 3. The average molecular weight is 474 g/mol. The summed E-state index contributed by atoms with van der Waals surface area (Å²) in [5, 5.41) is 11.8. The number of hydrogen-bond acceptors (Lipinski definition) is 5. The van der Waals surface area contributed by atoms with Crippen LogP contribution in [0, 0.1) is 10.1 Å². The van der Waals surface area contributed by atoms with E-state index < -0.39 is 40.6 Å². The van der Waals surface area contributed by atoms with Gasteiger partial charge in [0, 0.05) is 30.0 Å². The largest absolute Gasteiger partial charge is 0.494 e. The number of anilines is 1. The molecule has 4 rings (SSSR count). The number of carbonyl (C=O) groups excluding carboxylic acids is 2. The lowest BCUT2D eigenvalue weighted by Gasteiger charge is -2.38. The first-order chi connectivity index (χ1) is 16.1. The van der Waals surface area contributed by atoms with Crippen molar-refractivity contribution in [2.24, 2.45) is 0 Å². The van der Waals surface area contributed by atoms with Gasteiger partial charge in [-0.2, -0.15) is 13.2 Å². The van der Waals surface area contributed by atoms with Crippen LogP contribution in [0.1, 0.15) is 49.7 Å². The first-order valence-electron chi connectivity index (χ1n) is 10.8. The third-order valence-electron chi connectivity index (χ3n) is 6.01. The van der Waals surface area contributed by atoms with Crippen molar-refractivity contribution < 1.29 is 32.4 Å². The molecule has 34 heavy (non-hydrogen) atoms. The third kappa shape index (κ3) is 4.15. The van der Waals surface area contributed by atoms with Crippen LogP contribution in [0.4, 0.5) is 24.5 Å². The Kier molecular flexibility index (Phi) is 6.16. The van der Waals surface area contributed by atoms with Crippen molar-refractivity contribution in [2.75, 3.05) is 11.5 Å². The number of carbonyl (C=O) groups is 2. The molecule has 1 amide bonds. The van der Waals surface area contributed by atoms with Crippen molar-refractivity contribution in [3.8, 4) is 5.75 Å². The molecule has 0 fully saturated rings. The zero-order valence-electron chi connectivity index (χ0n) is 18.2. The molecule has 1 aliphatic carbocycles. The summed E-state index contributed by atoms with van der Waals surface area (Å²) in [6.07, 6.45) is -4.32. The van der Waals surface area contributed by atoms with Crippen molar-refractivity contribution in [3.63, 3.8) is 0 Å². The molecule has 10 heteroatoms. The van der Waals surface area contributed by atoms with E-state index in [0.717, 1.165) is 11.0 Å². The van der Waals surface area contributed by atoms with Gasteiger partial charge in [-0.05, 0) is 43.5 Å². The van der Waals surface area contributed by atoms with E-state index in [2.05, 4.69) is 0 Å². The first-order valence-corrected chi connectivity index (χ1v) is 10.8. The Labute approximate surface area is 193 Å². The number of benzene rings is 2. The van der Waals surface area contributed by atoms with Crippen LogP contribution in [-0.2, 0) is 15.8 Å². The zero-order chi connectivity index (χ0) is 24.6. The highest BCUT2D eigenvalue weighted by atomic mass is 19.4. The Morgan fingerprint density at radius 2 is 1.88 bits per heavy atom. The second-order valence-electron chi connectivity index (χ2n) is 8.05. The molecular formula is C24H21F3N2O5. The Morgan fingerprint density at radius 3 is 2.56 bits per heavy atom. The summed E-state index contributed by atoms with van der Waals surface area (Å²) in [5.74, 6) is -1.79. The van der Waals surface area contributed by atoms with E-state index in [0.29, 0.717) is 6.42 Å². The fourth-order valence-corrected chi connectivity index (χ4v) is 4.69. The highest BCUT2D eigenvalue weighted by Crippen LogP contribution is 2.48. The minimum Gasteiger partial charge on any atom is -0.494 e. The molecule has 7 nitrogen and oxygen atoms in total. The maximum absolute atomic E-state index is 13.7. The molecular weight excluding hydrogens is 453 g/mol. The van der Waals surface area contributed by atoms with Gasteiger partial charge in [0.05, 0.1) is 23.2 Å². The molecule has 1 heterocycles. The summed E-state index contributed by atoms with van der Waals surface area (Å²) in [5.41, 5.74) is -1.14. The van der Waals surface area contributed by atoms with Gasteiger partial charge in [-0.25, -0.2) is 0 Å². The Balaban J connectivity index is 1.91. The number of Topliss-reactive ketones (excluding diaryl/α,β-unsaturated/α-hetero) is 1. The Morgan fingerprint density at radius 1 is 1.15 bits per heavy atom. The molecule has 0 spiro atoms. The van der Waals surface area contributed by atoms with Gasteiger partial charge in [-0.3, -0.25) is 24.6 Å². The summed E-state index contributed by atoms with van der Waals surface area (Å²) in [4.78, 5) is 38.6. The molecule has 0 bridgehead atoms. The molecule has 1 aliphatic heterocycles. The van der Waals surface area contributed by atoms with Crippen LogP contribution < -0.4 is 9.64 Å². The number of hydrogen-bond donors (Lipinski definition) is 0.